The molecule has 0 unspecified atom stereocenters. The van der Waals surface area contributed by atoms with Gasteiger partial charge in [-0.1, -0.05) is 17.7 Å². The van der Waals surface area contributed by atoms with Crippen LogP contribution in [0.5, 0.6) is 0 Å². The maximum atomic E-state index is 4.35. The zero-order valence-electron chi connectivity index (χ0n) is 11.2. The molecule has 1 aromatic carbocycles. The molecule has 0 spiro atoms. The van der Waals surface area contributed by atoms with Crippen LogP contribution in [0.25, 0.3) is 0 Å². The number of benzene rings is 1. The summed E-state index contributed by atoms with van der Waals surface area (Å²) in [5, 5.41) is 8.59. The van der Waals surface area contributed by atoms with Gasteiger partial charge in [0.2, 0.25) is 0 Å². The minimum absolute atomic E-state index is 0.982. The number of aryl methyl sites for hydroxylation is 3. The van der Waals surface area contributed by atoms with E-state index in [1.54, 1.807) is 0 Å². The summed E-state index contributed by atoms with van der Waals surface area (Å²) in [6.45, 7) is 6.09. The first kappa shape index (κ1) is 12.4. The maximum Gasteiger partial charge on any atom is 0.0684 e. The van der Waals surface area contributed by atoms with Crippen LogP contribution >= 0.6 is 0 Å². The molecule has 0 bridgehead atoms. The van der Waals surface area contributed by atoms with Crippen molar-refractivity contribution >= 4 is 11.9 Å². The lowest BCUT2D eigenvalue weighted by atomic mass is 10.2. The van der Waals surface area contributed by atoms with E-state index < -0.39 is 0 Å². The van der Waals surface area contributed by atoms with Crippen LogP contribution in [0.1, 0.15) is 22.5 Å². The van der Waals surface area contributed by atoms with E-state index in [1.807, 2.05) is 43.9 Å². The smallest absolute Gasteiger partial charge is 0.0684 e. The second-order valence-corrected chi connectivity index (χ2v) is 4.44. The lowest BCUT2D eigenvalue weighted by Crippen LogP contribution is -1.95. The number of hydrogen-bond acceptors (Lipinski definition) is 3. The van der Waals surface area contributed by atoms with Crippen LogP contribution in [0, 0.1) is 20.8 Å². The number of hydrazone groups is 1. The van der Waals surface area contributed by atoms with Gasteiger partial charge in [0.1, 0.15) is 0 Å². The Morgan fingerprint density at radius 2 is 1.83 bits per heavy atom. The summed E-state index contributed by atoms with van der Waals surface area (Å²) >= 11 is 0. The van der Waals surface area contributed by atoms with Gasteiger partial charge >= 0.3 is 0 Å². The zero-order chi connectivity index (χ0) is 13.1. The van der Waals surface area contributed by atoms with Gasteiger partial charge < -0.3 is 0 Å². The third-order valence-corrected chi connectivity index (χ3v) is 3.00. The van der Waals surface area contributed by atoms with Gasteiger partial charge in [-0.2, -0.15) is 10.2 Å². The Labute approximate surface area is 107 Å². The van der Waals surface area contributed by atoms with Gasteiger partial charge in [0, 0.05) is 18.3 Å². The summed E-state index contributed by atoms with van der Waals surface area (Å²) in [5.41, 5.74) is 8.41. The van der Waals surface area contributed by atoms with Crippen LogP contribution < -0.4 is 5.43 Å². The molecule has 2 aromatic rings. The van der Waals surface area contributed by atoms with E-state index in [1.165, 1.54) is 5.56 Å². The first-order valence-electron chi connectivity index (χ1n) is 5.94. The Hall–Kier alpha value is -2.10. The Bertz CT molecular complexity index is 564. The van der Waals surface area contributed by atoms with Gasteiger partial charge in [-0.05, 0) is 32.9 Å². The Morgan fingerprint density at radius 3 is 2.39 bits per heavy atom. The minimum atomic E-state index is 0.982. The molecule has 4 nitrogen and oxygen atoms in total. The van der Waals surface area contributed by atoms with Gasteiger partial charge in [0.05, 0.1) is 17.6 Å². The van der Waals surface area contributed by atoms with Crippen molar-refractivity contribution in [3.8, 4) is 0 Å². The molecule has 1 heterocycles. The van der Waals surface area contributed by atoms with Crippen LogP contribution in [-0.2, 0) is 7.05 Å². The highest BCUT2D eigenvalue weighted by Crippen LogP contribution is 2.10. The van der Waals surface area contributed by atoms with Crippen molar-refractivity contribution in [2.75, 3.05) is 5.43 Å². The van der Waals surface area contributed by atoms with Crippen molar-refractivity contribution < 1.29 is 0 Å². The molecule has 4 heteroatoms. The molecule has 94 valence electrons. The van der Waals surface area contributed by atoms with Gasteiger partial charge in [-0.15, -0.1) is 0 Å². The highest BCUT2D eigenvalue weighted by molar-refractivity contribution is 5.83. The van der Waals surface area contributed by atoms with Crippen molar-refractivity contribution in [3.63, 3.8) is 0 Å². The molecular weight excluding hydrogens is 224 g/mol. The number of nitrogens with zero attached hydrogens (tertiary/aromatic N) is 3. The number of nitrogens with one attached hydrogen (secondary N) is 1. The van der Waals surface area contributed by atoms with Crippen molar-refractivity contribution in [2.24, 2.45) is 12.1 Å². The van der Waals surface area contributed by atoms with Crippen LogP contribution in [0.4, 0.5) is 5.69 Å². The van der Waals surface area contributed by atoms with Gasteiger partial charge in [-0.25, -0.2) is 0 Å². The lowest BCUT2D eigenvalue weighted by molar-refractivity contribution is 0.731. The number of hydrogen-bond donors (Lipinski definition) is 1. The van der Waals surface area contributed by atoms with Gasteiger partial charge in [0.25, 0.3) is 0 Å². The number of anilines is 1. The van der Waals surface area contributed by atoms with Gasteiger partial charge in [-0.3, -0.25) is 10.1 Å². The van der Waals surface area contributed by atoms with E-state index in [-0.39, 0.29) is 0 Å². The fraction of sp³-hybridized carbons (Fsp3) is 0.286. The third kappa shape index (κ3) is 2.59. The van der Waals surface area contributed by atoms with Crippen molar-refractivity contribution in [3.05, 3.63) is 46.8 Å². The number of aromatic nitrogens is 2. The summed E-state index contributed by atoms with van der Waals surface area (Å²) in [5.74, 6) is 0. The van der Waals surface area contributed by atoms with E-state index in [9.17, 15) is 0 Å². The van der Waals surface area contributed by atoms with E-state index in [2.05, 4.69) is 34.7 Å². The highest BCUT2D eigenvalue weighted by atomic mass is 15.3. The maximum absolute atomic E-state index is 4.35. The Morgan fingerprint density at radius 1 is 1.17 bits per heavy atom. The lowest BCUT2D eigenvalue weighted by Gasteiger charge is -2.00. The number of rotatable bonds is 3. The molecule has 0 aliphatic rings. The van der Waals surface area contributed by atoms with E-state index in [0.717, 1.165) is 22.6 Å². The summed E-state index contributed by atoms with van der Waals surface area (Å²) in [7, 11) is 1.94. The molecule has 0 saturated heterocycles. The highest BCUT2D eigenvalue weighted by Gasteiger charge is 2.05. The Balaban J connectivity index is 2.10. The molecule has 0 amide bonds. The largest absolute Gasteiger partial charge is 0.279 e. The first-order chi connectivity index (χ1) is 8.58. The van der Waals surface area contributed by atoms with Crippen molar-refractivity contribution in [1.29, 1.82) is 0 Å². The first-order valence-corrected chi connectivity index (χ1v) is 5.94. The summed E-state index contributed by atoms with van der Waals surface area (Å²) < 4.78 is 1.86. The molecule has 0 aliphatic heterocycles. The molecule has 0 saturated carbocycles. The molecule has 0 fully saturated rings. The predicted octanol–water partition coefficient (Wildman–Crippen LogP) is 2.79. The summed E-state index contributed by atoms with van der Waals surface area (Å²) in [6, 6.07) is 8.13. The van der Waals surface area contributed by atoms with E-state index >= 15 is 0 Å². The minimum Gasteiger partial charge on any atom is -0.279 e. The van der Waals surface area contributed by atoms with E-state index in [0.29, 0.717) is 0 Å². The second-order valence-electron chi connectivity index (χ2n) is 4.44. The molecule has 0 aliphatic carbocycles. The topological polar surface area (TPSA) is 42.2 Å². The standard InChI is InChI=1S/C14H18N4/c1-10-5-7-13(8-6-10)16-15-9-14-11(2)17-18(4)12(14)3/h5-9,16H,1-4H3/b15-9-. The molecule has 18 heavy (non-hydrogen) atoms. The van der Waals surface area contributed by atoms with E-state index in [4.69, 9.17) is 0 Å². The molecule has 1 aromatic heterocycles. The Kier molecular flexibility index (Phi) is 3.46. The molecule has 0 radical (unpaired) electrons. The SMILES string of the molecule is Cc1ccc(N/N=C\c2c(C)nn(C)c2C)cc1. The van der Waals surface area contributed by atoms with Crippen LogP contribution in [0.2, 0.25) is 0 Å². The average molecular weight is 242 g/mol. The molecular formula is C14H18N4. The molecule has 2 rings (SSSR count). The van der Waals surface area contributed by atoms with Crippen LogP contribution in [0.3, 0.4) is 0 Å². The normalized spacial score (nSPS) is 11.1. The van der Waals surface area contributed by atoms with Crippen molar-refractivity contribution in [2.45, 2.75) is 20.8 Å². The second kappa shape index (κ2) is 5.04. The third-order valence-electron chi connectivity index (χ3n) is 3.00. The predicted molar refractivity (Wildman–Crippen MR) is 75.1 cm³/mol. The summed E-state index contributed by atoms with van der Waals surface area (Å²) in [6.07, 6.45) is 1.82. The fourth-order valence-electron chi connectivity index (χ4n) is 1.78. The van der Waals surface area contributed by atoms with Crippen LogP contribution in [0.15, 0.2) is 29.4 Å². The fourth-order valence-corrected chi connectivity index (χ4v) is 1.78. The molecule has 0 atom stereocenters. The molecule has 1 N–H and O–H groups in total. The summed E-state index contributed by atoms with van der Waals surface area (Å²) in [4.78, 5) is 0. The van der Waals surface area contributed by atoms with Crippen molar-refractivity contribution in [1.82, 2.24) is 9.78 Å². The van der Waals surface area contributed by atoms with Gasteiger partial charge in [0.15, 0.2) is 0 Å². The quantitative estimate of drug-likeness (QED) is 0.664. The zero-order valence-corrected chi connectivity index (χ0v) is 11.2. The van der Waals surface area contributed by atoms with Crippen LogP contribution in [-0.4, -0.2) is 16.0 Å². The average Bonchev–Trinajstić information content (AvgIpc) is 2.58. The monoisotopic (exact) mass is 242 g/mol.